The van der Waals surface area contributed by atoms with E-state index in [1.54, 1.807) is 0 Å². The van der Waals surface area contributed by atoms with Gasteiger partial charge in [0.1, 0.15) is 0 Å². The summed E-state index contributed by atoms with van der Waals surface area (Å²) < 4.78 is 1.20. The Hall–Kier alpha value is -0.580. The van der Waals surface area contributed by atoms with Gasteiger partial charge in [0.2, 0.25) is 5.91 Å². The van der Waals surface area contributed by atoms with Gasteiger partial charge in [-0.05, 0) is 59.7 Å². The Balaban J connectivity index is 0.000000606. The quantitative estimate of drug-likeness (QED) is 0.716. The average molecular weight is 331 g/mol. The Morgan fingerprint density at radius 3 is 2.31 bits per heavy atom. The van der Waals surface area contributed by atoms with E-state index in [4.69, 9.17) is 0 Å². The molecule has 0 radical (unpaired) electrons. The first-order valence-corrected chi connectivity index (χ1v) is 6.91. The predicted molar refractivity (Wildman–Crippen MR) is 76.7 cm³/mol. The lowest BCUT2D eigenvalue weighted by Gasteiger charge is -2.26. The summed E-state index contributed by atoms with van der Waals surface area (Å²) in [6, 6.07) is 8.12. The minimum atomic E-state index is 0.262. The number of halogens is 1. The summed E-state index contributed by atoms with van der Waals surface area (Å²) in [5.41, 5.74) is 1.04. The fourth-order valence-corrected chi connectivity index (χ4v) is 2.06. The van der Waals surface area contributed by atoms with Crippen LogP contribution in [0.25, 0.3) is 0 Å². The summed E-state index contributed by atoms with van der Waals surface area (Å²) >= 11 is 2.27. The van der Waals surface area contributed by atoms with Crippen LogP contribution in [0.15, 0.2) is 24.3 Å². The first-order chi connectivity index (χ1) is 7.77. The van der Waals surface area contributed by atoms with E-state index in [0.717, 1.165) is 25.1 Å². The maximum absolute atomic E-state index is 11.6. The van der Waals surface area contributed by atoms with Crippen molar-refractivity contribution >= 4 is 34.2 Å². The highest BCUT2D eigenvalue weighted by molar-refractivity contribution is 14.1. The van der Waals surface area contributed by atoms with Crippen LogP contribution in [0, 0.1) is 3.57 Å². The van der Waals surface area contributed by atoms with Crippen LogP contribution in [0.5, 0.6) is 0 Å². The molecule has 1 aromatic carbocycles. The molecular formula is C13H18INO. The van der Waals surface area contributed by atoms with E-state index < -0.39 is 0 Å². The molecule has 0 aromatic heterocycles. The van der Waals surface area contributed by atoms with Crippen LogP contribution >= 0.6 is 22.6 Å². The van der Waals surface area contributed by atoms with Crippen LogP contribution in [0.4, 0.5) is 5.69 Å². The van der Waals surface area contributed by atoms with Crippen molar-refractivity contribution in [3.8, 4) is 0 Å². The van der Waals surface area contributed by atoms with Crippen LogP contribution in [0.1, 0.15) is 33.1 Å². The zero-order valence-corrected chi connectivity index (χ0v) is 12.0. The van der Waals surface area contributed by atoms with Crippen molar-refractivity contribution in [1.29, 1.82) is 0 Å². The smallest absolute Gasteiger partial charge is 0.226 e. The lowest BCUT2D eigenvalue weighted by Crippen LogP contribution is -2.35. The molecule has 0 aliphatic carbocycles. The van der Waals surface area contributed by atoms with E-state index in [1.165, 1.54) is 3.57 Å². The van der Waals surface area contributed by atoms with E-state index in [0.29, 0.717) is 6.42 Å². The fourth-order valence-electron chi connectivity index (χ4n) is 1.70. The molecule has 88 valence electrons. The van der Waals surface area contributed by atoms with Crippen molar-refractivity contribution < 1.29 is 4.79 Å². The summed E-state index contributed by atoms with van der Waals surface area (Å²) in [5.74, 6) is 0.262. The molecule has 2 rings (SSSR count). The number of carbonyl (C=O) groups is 1. The van der Waals surface area contributed by atoms with Gasteiger partial charge in [0.15, 0.2) is 0 Å². The molecule has 0 unspecified atom stereocenters. The molecule has 0 saturated carbocycles. The lowest BCUT2D eigenvalue weighted by molar-refractivity contribution is -0.119. The van der Waals surface area contributed by atoms with Crippen molar-refractivity contribution in [2.45, 2.75) is 33.1 Å². The molecule has 1 aliphatic heterocycles. The van der Waals surface area contributed by atoms with E-state index in [1.807, 2.05) is 43.0 Å². The van der Waals surface area contributed by atoms with E-state index >= 15 is 0 Å². The average Bonchev–Trinajstić information content (AvgIpc) is 2.34. The molecule has 0 spiro atoms. The minimum absolute atomic E-state index is 0.262. The molecule has 1 heterocycles. The summed E-state index contributed by atoms with van der Waals surface area (Å²) in [7, 11) is 0. The molecule has 2 nitrogen and oxygen atoms in total. The number of nitrogens with zero attached hydrogens (tertiary/aromatic N) is 1. The summed E-state index contributed by atoms with van der Waals surface area (Å²) in [6.45, 7) is 4.87. The van der Waals surface area contributed by atoms with Crippen molar-refractivity contribution in [2.75, 3.05) is 11.4 Å². The fraction of sp³-hybridized carbons (Fsp3) is 0.462. The van der Waals surface area contributed by atoms with Gasteiger partial charge in [-0.25, -0.2) is 0 Å². The monoisotopic (exact) mass is 331 g/mol. The predicted octanol–water partition coefficient (Wildman–Crippen LogP) is 3.83. The van der Waals surface area contributed by atoms with Gasteiger partial charge < -0.3 is 4.90 Å². The third-order valence-corrected chi connectivity index (χ3v) is 3.18. The molecule has 0 N–H and O–H groups in total. The molecule has 0 atom stereocenters. The van der Waals surface area contributed by atoms with Crippen LogP contribution in [0.2, 0.25) is 0 Å². The highest BCUT2D eigenvalue weighted by Gasteiger charge is 2.18. The zero-order valence-electron chi connectivity index (χ0n) is 9.87. The second-order valence-electron chi connectivity index (χ2n) is 3.48. The molecule has 1 fully saturated rings. The number of hydrogen-bond donors (Lipinski definition) is 0. The highest BCUT2D eigenvalue weighted by atomic mass is 127. The van der Waals surface area contributed by atoms with Gasteiger partial charge in [0.05, 0.1) is 0 Å². The van der Waals surface area contributed by atoms with Crippen molar-refractivity contribution in [1.82, 2.24) is 0 Å². The number of benzene rings is 1. The van der Waals surface area contributed by atoms with Gasteiger partial charge in [-0.2, -0.15) is 0 Å². The molecule has 1 amide bonds. The van der Waals surface area contributed by atoms with Crippen LogP contribution in [-0.4, -0.2) is 12.5 Å². The van der Waals surface area contributed by atoms with Crippen molar-refractivity contribution in [2.24, 2.45) is 0 Å². The number of piperidine rings is 1. The maximum atomic E-state index is 11.6. The van der Waals surface area contributed by atoms with Gasteiger partial charge in [-0.1, -0.05) is 13.8 Å². The molecule has 1 aromatic rings. The molecule has 0 bridgehead atoms. The first-order valence-electron chi connectivity index (χ1n) is 5.83. The first kappa shape index (κ1) is 13.5. The van der Waals surface area contributed by atoms with Gasteiger partial charge in [0, 0.05) is 22.2 Å². The van der Waals surface area contributed by atoms with Crippen LogP contribution < -0.4 is 4.90 Å². The number of carbonyl (C=O) groups excluding carboxylic acids is 1. The topological polar surface area (TPSA) is 20.3 Å². The van der Waals surface area contributed by atoms with Crippen molar-refractivity contribution in [3.63, 3.8) is 0 Å². The Kier molecular flexibility index (Phi) is 5.80. The van der Waals surface area contributed by atoms with E-state index in [2.05, 4.69) is 22.6 Å². The number of rotatable bonds is 1. The Labute approximate surface area is 111 Å². The number of amides is 1. The Morgan fingerprint density at radius 2 is 1.75 bits per heavy atom. The van der Waals surface area contributed by atoms with E-state index in [9.17, 15) is 4.79 Å². The van der Waals surface area contributed by atoms with Gasteiger partial charge >= 0.3 is 0 Å². The molecule has 16 heavy (non-hydrogen) atoms. The number of anilines is 1. The van der Waals surface area contributed by atoms with Gasteiger partial charge in [0.25, 0.3) is 0 Å². The molecule has 1 saturated heterocycles. The Bertz CT molecular complexity index is 334. The standard InChI is InChI=1S/C11H12INO.C2H6/c12-9-4-6-10(7-5-9)13-8-2-1-3-11(13)14;1-2/h4-7H,1-3,8H2;1-2H3. The zero-order chi connectivity index (χ0) is 12.0. The highest BCUT2D eigenvalue weighted by Crippen LogP contribution is 2.21. The van der Waals surface area contributed by atoms with Gasteiger partial charge in [-0.15, -0.1) is 0 Å². The van der Waals surface area contributed by atoms with Crippen molar-refractivity contribution in [3.05, 3.63) is 27.8 Å². The normalized spacial score (nSPS) is 15.4. The SMILES string of the molecule is CC.O=C1CCCCN1c1ccc(I)cc1. The Morgan fingerprint density at radius 1 is 1.12 bits per heavy atom. The van der Waals surface area contributed by atoms with Gasteiger partial charge in [-0.3, -0.25) is 4.79 Å². The lowest BCUT2D eigenvalue weighted by atomic mass is 10.1. The second-order valence-corrected chi connectivity index (χ2v) is 4.72. The third kappa shape index (κ3) is 3.47. The molecule has 1 aliphatic rings. The van der Waals surface area contributed by atoms with E-state index in [-0.39, 0.29) is 5.91 Å². The maximum Gasteiger partial charge on any atom is 0.226 e. The van der Waals surface area contributed by atoms with Crippen LogP contribution in [0.3, 0.4) is 0 Å². The largest absolute Gasteiger partial charge is 0.312 e. The summed E-state index contributed by atoms with van der Waals surface area (Å²) in [6.07, 6.45) is 2.86. The second kappa shape index (κ2) is 6.89. The molecular weight excluding hydrogens is 313 g/mol. The number of hydrogen-bond acceptors (Lipinski definition) is 1. The summed E-state index contributed by atoms with van der Waals surface area (Å²) in [5, 5.41) is 0. The van der Waals surface area contributed by atoms with Crippen LogP contribution in [-0.2, 0) is 4.79 Å². The summed E-state index contributed by atoms with van der Waals surface area (Å²) in [4.78, 5) is 13.5. The third-order valence-electron chi connectivity index (χ3n) is 2.46. The minimum Gasteiger partial charge on any atom is -0.312 e. The molecule has 3 heteroatoms.